The molecule has 0 bridgehead atoms. The van der Waals surface area contributed by atoms with Crippen molar-refractivity contribution in [2.45, 2.75) is 6.92 Å². The number of aryl methyl sites for hydroxylation is 1. The van der Waals surface area contributed by atoms with Gasteiger partial charge in [0.15, 0.2) is 5.82 Å². The highest BCUT2D eigenvalue weighted by Gasteiger charge is 2.10. The number of benzene rings is 1. The zero-order valence-corrected chi connectivity index (χ0v) is 13.2. The summed E-state index contributed by atoms with van der Waals surface area (Å²) in [6.07, 6.45) is 1.58. The summed E-state index contributed by atoms with van der Waals surface area (Å²) in [7, 11) is 1.61. The molecular formula is C17H16N4O3. The summed E-state index contributed by atoms with van der Waals surface area (Å²) in [5.74, 6) is 1.35. The van der Waals surface area contributed by atoms with Crippen LogP contribution in [0.1, 0.15) is 16.2 Å². The smallest absolute Gasteiger partial charge is 0.275 e. The SMILES string of the molecule is COc1ccccc1Nc1ccc(C(=O)Nc2cc(C)on2)nc1. The summed E-state index contributed by atoms with van der Waals surface area (Å²) in [6.45, 7) is 1.75. The van der Waals surface area contributed by atoms with Gasteiger partial charge in [-0.25, -0.2) is 4.98 Å². The van der Waals surface area contributed by atoms with Gasteiger partial charge in [0.2, 0.25) is 0 Å². The van der Waals surface area contributed by atoms with E-state index in [9.17, 15) is 4.79 Å². The van der Waals surface area contributed by atoms with Gasteiger partial charge in [0.1, 0.15) is 17.2 Å². The van der Waals surface area contributed by atoms with Crippen LogP contribution in [-0.2, 0) is 0 Å². The second-order valence-electron chi connectivity index (χ2n) is 5.03. The molecule has 0 aliphatic heterocycles. The number of hydrogen-bond acceptors (Lipinski definition) is 6. The topological polar surface area (TPSA) is 89.3 Å². The molecule has 7 heteroatoms. The molecule has 0 fully saturated rings. The van der Waals surface area contributed by atoms with E-state index in [1.165, 1.54) is 0 Å². The van der Waals surface area contributed by atoms with E-state index < -0.39 is 0 Å². The lowest BCUT2D eigenvalue weighted by Gasteiger charge is -2.10. The van der Waals surface area contributed by atoms with Gasteiger partial charge in [-0.05, 0) is 31.2 Å². The molecule has 7 nitrogen and oxygen atoms in total. The Morgan fingerprint density at radius 2 is 2.04 bits per heavy atom. The molecule has 0 radical (unpaired) electrons. The minimum Gasteiger partial charge on any atom is -0.495 e. The first-order valence-corrected chi connectivity index (χ1v) is 7.26. The Morgan fingerprint density at radius 3 is 2.71 bits per heavy atom. The summed E-state index contributed by atoms with van der Waals surface area (Å²) in [5.41, 5.74) is 1.84. The molecule has 122 valence electrons. The number of para-hydroxylation sites is 2. The van der Waals surface area contributed by atoms with Crippen LogP contribution in [0, 0.1) is 6.92 Å². The van der Waals surface area contributed by atoms with Gasteiger partial charge in [-0.3, -0.25) is 4.79 Å². The van der Waals surface area contributed by atoms with E-state index in [0.29, 0.717) is 11.6 Å². The number of anilines is 3. The third-order valence-corrected chi connectivity index (χ3v) is 3.25. The molecule has 1 aromatic carbocycles. The third-order valence-electron chi connectivity index (χ3n) is 3.25. The Hall–Kier alpha value is -3.35. The third kappa shape index (κ3) is 3.52. The van der Waals surface area contributed by atoms with Gasteiger partial charge in [-0.2, -0.15) is 0 Å². The van der Waals surface area contributed by atoms with Crippen molar-refractivity contribution in [3.8, 4) is 5.75 Å². The monoisotopic (exact) mass is 324 g/mol. The number of carbonyl (C=O) groups is 1. The van der Waals surface area contributed by atoms with Gasteiger partial charge in [0, 0.05) is 6.07 Å². The van der Waals surface area contributed by atoms with Crippen molar-refractivity contribution in [3.63, 3.8) is 0 Å². The lowest BCUT2D eigenvalue weighted by molar-refractivity contribution is 0.102. The molecule has 0 saturated heterocycles. The summed E-state index contributed by atoms with van der Waals surface area (Å²) in [4.78, 5) is 16.3. The Labute approximate surface area is 138 Å². The number of carbonyl (C=O) groups excluding carboxylic acids is 1. The fourth-order valence-corrected chi connectivity index (χ4v) is 2.11. The molecule has 24 heavy (non-hydrogen) atoms. The van der Waals surface area contributed by atoms with Crippen molar-refractivity contribution in [2.75, 3.05) is 17.7 Å². The standard InChI is InChI=1S/C17H16N4O3/c1-11-9-16(21-24-11)20-17(22)14-8-7-12(10-18-14)19-13-5-3-4-6-15(13)23-2/h3-10,19H,1-2H3,(H,20,21,22). The molecule has 0 atom stereocenters. The normalized spacial score (nSPS) is 10.2. The Kier molecular flexibility index (Phi) is 4.42. The van der Waals surface area contributed by atoms with Crippen LogP contribution in [0.3, 0.4) is 0 Å². The molecular weight excluding hydrogens is 308 g/mol. The average Bonchev–Trinajstić information content (AvgIpc) is 3.01. The van der Waals surface area contributed by atoms with Gasteiger partial charge in [-0.15, -0.1) is 0 Å². The van der Waals surface area contributed by atoms with Crippen molar-refractivity contribution >= 4 is 23.1 Å². The first-order chi connectivity index (χ1) is 11.7. The number of ether oxygens (including phenoxy) is 1. The molecule has 2 aromatic heterocycles. The predicted octanol–water partition coefficient (Wildman–Crippen LogP) is 3.38. The first-order valence-electron chi connectivity index (χ1n) is 7.26. The van der Waals surface area contributed by atoms with Crippen molar-refractivity contribution in [3.05, 3.63) is 60.1 Å². The summed E-state index contributed by atoms with van der Waals surface area (Å²) >= 11 is 0. The summed E-state index contributed by atoms with van der Waals surface area (Å²) in [6, 6.07) is 12.6. The fourth-order valence-electron chi connectivity index (χ4n) is 2.11. The van der Waals surface area contributed by atoms with Crippen molar-refractivity contribution < 1.29 is 14.1 Å². The predicted molar refractivity (Wildman–Crippen MR) is 89.7 cm³/mol. The van der Waals surface area contributed by atoms with Crippen LogP contribution in [0.5, 0.6) is 5.75 Å². The second kappa shape index (κ2) is 6.82. The fraction of sp³-hybridized carbons (Fsp3) is 0.118. The van der Waals surface area contributed by atoms with Gasteiger partial charge in [-0.1, -0.05) is 17.3 Å². The van der Waals surface area contributed by atoms with Gasteiger partial charge >= 0.3 is 0 Å². The van der Waals surface area contributed by atoms with Crippen LogP contribution in [0.2, 0.25) is 0 Å². The number of amides is 1. The van der Waals surface area contributed by atoms with Gasteiger partial charge in [0.25, 0.3) is 5.91 Å². The number of aromatic nitrogens is 2. The van der Waals surface area contributed by atoms with E-state index in [-0.39, 0.29) is 11.6 Å². The maximum Gasteiger partial charge on any atom is 0.275 e. The molecule has 3 aromatic rings. The van der Waals surface area contributed by atoms with E-state index in [4.69, 9.17) is 9.26 Å². The molecule has 0 aliphatic carbocycles. The van der Waals surface area contributed by atoms with Gasteiger partial charge < -0.3 is 19.9 Å². The molecule has 0 aliphatic rings. The number of nitrogens with one attached hydrogen (secondary N) is 2. The van der Waals surface area contributed by atoms with Crippen LogP contribution in [0.25, 0.3) is 0 Å². The highest BCUT2D eigenvalue weighted by molar-refractivity contribution is 6.02. The zero-order chi connectivity index (χ0) is 16.9. The maximum absolute atomic E-state index is 12.1. The molecule has 0 spiro atoms. The average molecular weight is 324 g/mol. The van der Waals surface area contributed by atoms with Crippen LogP contribution >= 0.6 is 0 Å². The summed E-state index contributed by atoms with van der Waals surface area (Å²) < 4.78 is 10.2. The molecule has 0 saturated carbocycles. The number of nitrogens with zero attached hydrogens (tertiary/aromatic N) is 2. The molecule has 1 amide bonds. The summed E-state index contributed by atoms with van der Waals surface area (Å²) in [5, 5.41) is 9.53. The molecule has 3 rings (SSSR count). The lowest BCUT2D eigenvalue weighted by Crippen LogP contribution is -2.13. The number of hydrogen-bond donors (Lipinski definition) is 2. The van der Waals surface area contributed by atoms with Crippen LogP contribution < -0.4 is 15.4 Å². The lowest BCUT2D eigenvalue weighted by atomic mass is 10.2. The number of methoxy groups -OCH3 is 1. The second-order valence-corrected chi connectivity index (χ2v) is 5.03. The van der Waals surface area contributed by atoms with Crippen LogP contribution in [0.4, 0.5) is 17.2 Å². The van der Waals surface area contributed by atoms with Crippen LogP contribution in [0.15, 0.2) is 53.2 Å². The quantitative estimate of drug-likeness (QED) is 0.748. The number of rotatable bonds is 5. The minimum absolute atomic E-state index is 0.279. The maximum atomic E-state index is 12.1. The zero-order valence-electron chi connectivity index (χ0n) is 13.2. The molecule has 2 N–H and O–H groups in total. The van der Waals surface area contributed by atoms with Gasteiger partial charge in [0.05, 0.1) is 24.7 Å². The van der Waals surface area contributed by atoms with Crippen molar-refractivity contribution in [1.29, 1.82) is 0 Å². The highest BCUT2D eigenvalue weighted by atomic mass is 16.5. The van der Waals surface area contributed by atoms with Crippen LogP contribution in [-0.4, -0.2) is 23.2 Å². The Bertz CT molecular complexity index is 843. The molecule has 0 unspecified atom stereocenters. The molecule has 2 heterocycles. The van der Waals surface area contributed by atoms with Crippen molar-refractivity contribution in [2.24, 2.45) is 0 Å². The Balaban J connectivity index is 1.70. The van der Waals surface area contributed by atoms with E-state index in [1.54, 1.807) is 38.4 Å². The largest absolute Gasteiger partial charge is 0.495 e. The highest BCUT2D eigenvalue weighted by Crippen LogP contribution is 2.26. The minimum atomic E-state index is -0.354. The van der Waals surface area contributed by atoms with Crippen molar-refractivity contribution in [1.82, 2.24) is 10.1 Å². The van der Waals surface area contributed by atoms with E-state index in [1.807, 2.05) is 24.3 Å². The Morgan fingerprint density at radius 1 is 1.21 bits per heavy atom. The van der Waals surface area contributed by atoms with E-state index in [0.717, 1.165) is 17.1 Å². The van der Waals surface area contributed by atoms with E-state index in [2.05, 4.69) is 20.8 Å². The van der Waals surface area contributed by atoms with E-state index >= 15 is 0 Å². The number of pyridine rings is 1. The first kappa shape index (κ1) is 15.5.